The summed E-state index contributed by atoms with van der Waals surface area (Å²) in [5.41, 5.74) is 1.87. The van der Waals surface area contributed by atoms with Gasteiger partial charge in [-0.1, -0.05) is 6.07 Å². The van der Waals surface area contributed by atoms with Crippen molar-refractivity contribution in [1.82, 2.24) is 5.32 Å². The normalized spacial score (nSPS) is 13.4. The zero-order chi connectivity index (χ0) is 17.4. The monoisotopic (exact) mass is 334 g/mol. The van der Waals surface area contributed by atoms with Crippen LogP contribution in [0.4, 0.5) is 5.69 Å². The molecule has 0 aromatic heterocycles. The number of ether oxygens (including phenoxy) is 2. The number of carbonyl (C=O) groups is 2. The predicted molar refractivity (Wildman–Crippen MR) is 92.4 cm³/mol. The second-order valence-electron chi connectivity index (χ2n) is 5.81. The molecular weight excluding hydrogens is 308 g/mol. The lowest BCUT2D eigenvalue weighted by molar-refractivity contribution is -0.122. The summed E-state index contributed by atoms with van der Waals surface area (Å²) in [6.07, 6.45) is 1.84. The van der Waals surface area contributed by atoms with Gasteiger partial charge in [-0.05, 0) is 44.4 Å². The molecule has 132 valence electrons. The number of fused-ring (bicyclic) bond motifs is 1. The van der Waals surface area contributed by atoms with E-state index in [-0.39, 0.29) is 18.4 Å². The standard InChI is InChI=1S/C18H26N2O4/c1-3-23-11-5-9-19-17(21)6-4-10-20-15-12-14(2)7-8-16(15)24-13-18(20)22/h7-8,12H,3-6,9-11,13H2,1-2H3,(H,19,21). The van der Waals surface area contributed by atoms with Crippen molar-refractivity contribution in [2.45, 2.75) is 33.1 Å². The van der Waals surface area contributed by atoms with Gasteiger partial charge < -0.3 is 19.7 Å². The third-order valence-electron chi connectivity index (χ3n) is 3.83. The Hall–Kier alpha value is -2.08. The lowest BCUT2D eigenvalue weighted by Crippen LogP contribution is -2.39. The van der Waals surface area contributed by atoms with Crippen LogP contribution < -0.4 is 15.0 Å². The van der Waals surface area contributed by atoms with Crippen molar-refractivity contribution < 1.29 is 19.1 Å². The highest BCUT2D eigenvalue weighted by molar-refractivity contribution is 5.97. The molecule has 6 nitrogen and oxygen atoms in total. The molecule has 0 saturated carbocycles. The summed E-state index contributed by atoms with van der Waals surface area (Å²) >= 11 is 0. The van der Waals surface area contributed by atoms with Gasteiger partial charge in [0.1, 0.15) is 5.75 Å². The van der Waals surface area contributed by atoms with Crippen molar-refractivity contribution in [3.05, 3.63) is 23.8 Å². The highest BCUT2D eigenvalue weighted by atomic mass is 16.5. The Morgan fingerprint density at radius 1 is 1.38 bits per heavy atom. The predicted octanol–water partition coefficient (Wildman–Crippen LogP) is 2.04. The van der Waals surface area contributed by atoms with Gasteiger partial charge in [-0.25, -0.2) is 0 Å². The minimum absolute atomic E-state index is 0.0108. The van der Waals surface area contributed by atoms with Crippen LogP contribution in [-0.4, -0.2) is 44.7 Å². The minimum Gasteiger partial charge on any atom is -0.482 e. The molecular formula is C18H26N2O4. The SMILES string of the molecule is CCOCCCNC(=O)CCCN1C(=O)COc2ccc(C)cc21. The van der Waals surface area contributed by atoms with Crippen molar-refractivity contribution in [3.63, 3.8) is 0 Å². The molecule has 1 aromatic rings. The molecule has 1 aliphatic rings. The van der Waals surface area contributed by atoms with Gasteiger partial charge in [-0.3, -0.25) is 9.59 Å². The summed E-state index contributed by atoms with van der Waals surface area (Å²) in [7, 11) is 0. The highest BCUT2D eigenvalue weighted by Gasteiger charge is 2.25. The fraction of sp³-hybridized carbons (Fsp3) is 0.556. The molecule has 0 bridgehead atoms. The van der Waals surface area contributed by atoms with Crippen molar-refractivity contribution >= 4 is 17.5 Å². The van der Waals surface area contributed by atoms with Crippen LogP contribution in [0.5, 0.6) is 5.75 Å². The third-order valence-corrected chi connectivity index (χ3v) is 3.83. The number of rotatable bonds is 9. The molecule has 0 spiro atoms. The fourth-order valence-corrected chi connectivity index (χ4v) is 2.59. The number of nitrogens with one attached hydrogen (secondary N) is 1. The molecule has 0 radical (unpaired) electrons. The van der Waals surface area contributed by atoms with Crippen LogP contribution in [0.2, 0.25) is 0 Å². The zero-order valence-corrected chi connectivity index (χ0v) is 14.5. The second kappa shape index (κ2) is 9.27. The van der Waals surface area contributed by atoms with E-state index >= 15 is 0 Å². The van der Waals surface area contributed by atoms with E-state index in [0.29, 0.717) is 39.1 Å². The molecule has 0 saturated heterocycles. The van der Waals surface area contributed by atoms with E-state index in [1.54, 1.807) is 4.90 Å². The van der Waals surface area contributed by atoms with Crippen molar-refractivity contribution in [2.75, 3.05) is 37.8 Å². The molecule has 6 heteroatoms. The Kier molecular flexibility index (Phi) is 7.06. The maximum absolute atomic E-state index is 12.1. The lowest BCUT2D eigenvalue weighted by Gasteiger charge is -2.29. The number of hydrogen-bond donors (Lipinski definition) is 1. The Balaban J connectivity index is 1.77. The number of benzene rings is 1. The van der Waals surface area contributed by atoms with Crippen molar-refractivity contribution in [1.29, 1.82) is 0 Å². The van der Waals surface area contributed by atoms with Crippen molar-refractivity contribution in [2.24, 2.45) is 0 Å². The van der Waals surface area contributed by atoms with Crippen molar-refractivity contribution in [3.8, 4) is 5.75 Å². The number of amides is 2. The number of carbonyl (C=O) groups excluding carboxylic acids is 2. The van der Waals surface area contributed by atoms with Crippen LogP contribution in [-0.2, 0) is 14.3 Å². The van der Waals surface area contributed by atoms with E-state index in [1.165, 1.54) is 0 Å². The van der Waals surface area contributed by atoms with Gasteiger partial charge in [0.25, 0.3) is 5.91 Å². The number of nitrogens with zero attached hydrogens (tertiary/aromatic N) is 1. The molecule has 0 aliphatic carbocycles. The van der Waals surface area contributed by atoms with Crippen LogP contribution in [0.1, 0.15) is 31.7 Å². The average molecular weight is 334 g/mol. The van der Waals surface area contributed by atoms with Crippen LogP contribution in [0.25, 0.3) is 0 Å². The average Bonchev–Trinajstić information content (AvgIpc) is 2.56. The van der Waals surface area contributed by atoms with Gasteiger partial charge >= 0.3 is 0 Å². The van der Waals surface area contributed by atoms with Gasteiger partial charge in [0, 0.05) is 32.7 Å². The maximum Gasteiger partial charge on any atom is 0.265 e. The maximum atomic E-state index is 12.1. The summed E-state index contributed by atoms with van der Waals surface area (Å²) in [5.74, 6) is 0.669. The summed E-state index contributed by atoms with van der Waals surface area (Å²) in [5, 5.41) is 2.87. The van der Waals surface area contributed by atoms with E-state index in [1.807, 2.05) is 32.0 Å². The highest BCUT2D eigenvalue weighted by Crippen LogP contribution is 2.32. The van der Waals surface area contributed by atoms with Crippen LogP contribution >= 0.6 is 0 Å². The molecule has 2 rings (SSSR count). The summed E-state index contributed by atoms with van der Waals surface area (Å²) in [4.78, 5) is 25.6. The Morgan fingerprint density at radius 2 is 2.21 bits per heavy atom. The molecule has 0 atom stereocenters. The van der Waals surface area contributed by atoms with Crippen LogP contribution in [0, 0.1) is 6.92 Å². The van der Waals surface area contributed by atoms with Crippen LogP contribution in [0.3, 0.4) is 0 Å². The smallest absolute Gasteiger partial charge is 0.265 e. The summed E-state index contributed by atoms with van der Waals surface area (Å²) in [6, 6.07) is 5.79. The molecule has 0 unspecified atom stereocenters. The fourth-order valence-electron chi connectivity index (χ4n) is 2.59. The van der Waals surface area contributed by atoms with E-state index < -0.39 is 0 Å². The summed E-state index contributed by atoms with van der Waals surface area (Å²) < 4.78 is 10.7. The largest absolute Gasteiger partial charge is 0.482 e. The molecule has 24 heavy (non-hydrogen) atoms. The molecule has 1 heterocycles. The number of aryl methyl sites for hydroxylation is 1. The zero-order valence-electron chi connectivity index (χ0n) is 14.5. The molecule has 2 amide bonds. The van der Waals surface area contributed by atoms with Gasteiger partial charge in [0.2, 0.25) is 5.91 Å². The first-order chi connectivity index (χ1) is 11.6. The van der Waals surface area contributed by atoms with E-state index in [4.69, 9.17) is 9.47 Å². The van der Waals surface area contributed by atoms with E-state index in [2.05, 4.69) is 5.32 Å². The van der Waals surface area contributed by atoms with Gasteiger partial charge in [0.15, 0.2) is 6.61 Å². The van der Waals surface area contributed by atoms with Gasteiger partial charge in [0.05, 0.1) is 5.69 Å². The first-order valence-corrected chi connectivity index (χ1v) is 8.50. The van der Waals surface area contributed by atoms with Gasteiger partial charge in [-0.2, -0.15) is 0 Å². The number of hydrogen-bond acceptors (Lipinski definition) is 4. The third kappa shape index (κ3) is 5.23. The minimum atomic E-state index is -0.0646. The Labute approximate surface area is 143 Å². The van der Waals surface area contributed by atoms with E-state index in [0.717, 1.165) is 23.4 Å². The topological polar surface area (TPSA) is 67.9 Å². The molecule has 1 aromatic carbocycles. The number of anilines is 1. The quantitative estimate of drug-likeness (QED) is 0.702. The van der Waals surface area contributed by atoms with E-state index in [9.17, 15) is 9.59 Å². The molecule has 0 fully saturated rings. The molecule has 1 aliphatic heterocycles. The Bertz CT molecular complexity index is 574. The second-order valence-corrected chi connectivity index (χ2v) is 5.81. The first kappa shape index (κ1) is 18.3. The first-order valence-electron chi connectivity index (χ1n) is 8.50. The molecule has 1 N–H and O–H groups in total. The van der Waals surface area contributed by atoms with Crippen LogP contribution in [0.15, 0.2) is 18.2 Å². The van der Waals surface area contributed by atoms with Gasteiger partial charge in [-0.15, -0.1) is 0 Å². The summed E-state index contributed by atoms with van der Waals surface area (Å²) in [6.45, 7) is 6.48. The Morgan fingerprint density at radius 3 is 3.00 bits per heavy atom. The lowest BCUT2D eigenvalue weighted by atomic mass is 10.1.